The van der Waals surface area contributed by atoms with Gasteiger partial charge in [-0.3, -0.25) is 4.79 Å². The smallest absolute Gasteiger partial charge is 0.267 e. The Morgan fingerprint density at radius 1 is 1.45 bits per heavy atom. The topological polar surface area (TPSA) is 32.3 Å². The van der Waals surface area contributed by atoms with Crippen molar-refractivity contribution in [1.29, 1.82) is 0 Å². The van der Waals surface area contributed by atoms with E-state index in [0.717, 1.165) is 25.9 Å². The fourth-order valence-corrected chi connectivity index (χ4v) is 1.71. The molecule has 3 heterocycles. The Morgan fingerprint density at radius 3 is 2.73 bits per heavy atom. The maximum absolute atomic E-state index is 11.2. The van der Waals surface area contributed by atoms with Gasteiger partial charge >= 0.3 is 0 Å². The zero-order chi connectivity index (χ0) is 7.84. The standard InChI is InChI=1S/C8H12N2O/c1-6-8(11)9-7-2-4-10(6)5-3-7/h7H,1-5H2,(H,9,11). The number of fused-ring (bicyclic) bond motifs is 4. The predicted molar refractivity (Wildman–Crippen MR) is 41.9 cm³/mol. The van der Waals surface area contributed by atoms with Crippen LogP contribution in [0.25, 0.3) is 0 Å². The minimum absolute atomic E-state index is 0.0185. The van der Waals surface area contributed by atoms with Crippen LogP contribution in [0.4, 0.5) is 0 Å². The summed E-state index contributed by atoms with van der Waals surface area (Å²) < 4.78 is 0. The highest BCUT2D eigenvalue weighted by molar-refractivity contribution is 5.92. The maximum atomic E-state index is 11.2. The van der Waals surface area contributed by atoms with Crippen LogP contribution in [0.2, 0.25) is 0 Å². The van der Waals surface area contributed by atoms with Crippen molar-refractivity contribution in [2.24, 2.45) is 0 Å². The SMILES string of the molecule is C=C1C(=O)NC2CCN1CC2. The molecule has 1 N–H and O–H groups in total. The van der Waals surface area contributed by atoms with Crippen LogP contribution in [-0.4, -0.2) is 29.9 Å². The molecule has 0 atom stereocenters. The van der Waals surface area contributed by atoms with Crippen molar-refractivity contribution in [1.82, 2.24) is 10.2 Å². The largest absolute Gasteiger partial charge is 0.367 e. The van der Waals surface area contributed by atoms with Crippen LogP contribution in [0.5, 0.6) is 0 Å². The van der Waals surface area contributed by atoms with Crippen molar-refractivity contribution in [3.63, 3.8) is 0 Å². The van der Waals surface area contributed by atoms with Gasteiger partial charge < -0.3 is 10.2 Å². The molecule has 0 spiro atoms. The lowest BCUT2D eigenvalue weighted by Crippen LogP contribution is -2.35. The van der Waals surface area contributed by atoms with E-state index >= 15 is 0 Å². The number of hydrogen-bond donors (Lipinski definition) is 1. The summed E-state index contributed by atoms with van der Waals surface area (Å²) in [5.41, 5.74) is 0.644. The Balaban J connectivity index is 2.25. The first-order chi connectivity index (χ1) is 5.27. The summed E-state index contributed by atoms with van der Waals surface area (Å²) in [6.45, 7) is 5.72. The Morgan fingerprint density at radius 2 is 2.09 bits per heavy atom. The van der Waals surface area contributed by atoms with Crippen LogP contribution >= 0.6 is 0 Å². The van der Waals surface area contributed by atoms with Crippen LogP contribution < -0.4 is 5.32 Å². The zero-order valence-corrected chi connectivity index (χ0v) is 6.47. The van der Waals surface area contributed by atoms with Crippen LogP contribution in [0, 0.1) is 0 Å². The van der Waals surface area contributed by atoms with Gasteiger partial charge in [0, 0.05) is 19.1 Å². The van der Waals surface area contributed by atoms with Gasteiger partial charge in [0.05, 0.1) is 5.70 Å². The third kappa shape index (κ3) is 1.00. The normalized spacial score (nSPS) is 25.3. The summed E-state index contributed by atoms with van der Waals surface area (Å²) >= 11 is 0. The number of nitrogens with one attached hydrogen (secondary N) is 1. The molecule has 0 unspecified atom stereocenters. The summed E-state index contributed by atoms with van der Waals surface area (Å²) in [4.78, 5) is 13.3. The lowest BCUT2D eigenvalue weighted by Gasteiger charge is -2.27. The summed E-state index contributed by atoms with van der Waals surface area (Å²) in [6, 6.07) is 0.401. The van der Waals surface area contributed by atoms with Gasteiger partial charge in [-0.05, 0) is 12.8 Å². The molecule has 3 rings (SSSR count). The van der Waals surface area contributed by atoms with Gasteiger partial charge in [-0.2, -0.15) is 0 Å². The molecule has 2 bridgehead atoms. The number of carbonyl (C=O) groups excluding carboxylic acids is 1. The Labute approximate surface area is 66.1 Å². The van der Waals surface area contributed by atoms with E-state index < -0.39 is 0 Å². The lowest BCUT2D eigenvalue weighted by molar-refractivity contribution is -0.118. The second kappa shape index (κ2) is 2.26. The molecule has 3 aliphatic heterocycles. The number of piperidine rings is 1. The van der Waals surface area contributed by atoms with Crippen molar-refractivity contribution in [2.45, 2.75) is 18.9 Å². The van der Waals surface area contributed by atoms with Crippen LogP contribution in [-0.2, 0) is 4.79 Å². The third-order valence-electron chi connectivity index (χ3n) is 2.47. The molecule has 60 valence electrons. The molecule has 11 heavy (non-hydrogen) atoms. The predicted octanol–water partition coefficient (Wildman–Crippen LogP) is 0.0943. The number of carbonyl (C=O) groups is 1. The van der Waals surface area contributed by atoms with E-state index in [0.29, 0.717) is 11.7 Å². The molecular formula is C8H12N2O. The van der Waals surface area contributed by atoms with Crippen molar-refractivity contribution < 1.29 is 4.79 Å². The lowest BCUT2D eigenvalue weighted by atomic mass is 10.1. The molecule has 3 nitrogen and oxygen atoms in total. The Bertz CT molecular complexity index is 204. The molecule has 0 aliphatic carbocycles. The maximum Gasteiger partial charge on any atom is 0.267 e. The van der Waals surface area contributed by atoms with Crippen LogP contribution in [0.15, 0.2) is 12.3 Å². The van der Waals surface area contributed by atoms with E-state index in [2.05, 4.69) is 16.8 Å². The highest BCUT2D eigenvalue weighted by Crippen LogP contribution is 2.18. The van der Waals surface area contributed by atoms with Crippen molar-refractivity contribution in [3.05, 3.63) is 12.3 Å². The quantitative estimate of drug-likeness (QED) is 0.499. The fraction of sp³-hybridized carbons (Fsp3) is 0.625. The molecule has 3 aliphatic rings. The molecule has 0 aromatic heterocycles. The molecule has 0 saturated carbocycles. The molecule has 0 radical (unpaired) electrons. The summed E-state index contributed by atoms with van der Waals surface area (Å²) in [5.74, 6) is 0.0185. The molecule has 3 heteroatoms. The molecular weight excluding hydrogens is 140 g/mol. The van der Waals surface area contributed by atoms with Crippen molar-refractivity contribution in [3.8, 4) is 0 Å². The van der Waals surface area contributed by atoms with Gasteiger partial charge in [0.2, 0.25) is 0 Å². The minimum atomic E-state index is 0.0185. The average Bonchev–Trinajstić information content (AvgIpc) is 2.22. The first-order valence-corrected chi connectivity index (χ1v) is 4.02. The van der Waals surface area contributed by atoms with E-state index in [9.17, 15) is 4.79 Å². The van der Waals surface area contributed by atoms with Gasteiger partial charge in [0.15, 0.2) is 0 Å². The second-order valence-electron chi connectivity index (χ2n) is 3.18. The fourth-order valence-electron chi connectivity index (χ4n) is 1.71. The van der Waals surface area contributed by atoms with Gasteiger partial charge in [-0.15, -0.1) is 0 Å². The first-order valence-electron chi connectivity index (χ1n) is 4.02. The summed E-state index contributed by atoms with van der Waals surface area (Å²) in [7, 11) is 0. The highest BCUT2D eigenvalue weighted by Gasteiger charge is 2.28. The number of nitrogens with zero attached hydrogens (tertiary/aromatic N) is 1. The van der Waals surface area contributed by atoms with Crippen LogP contribution in [0.1, 0.15) is 12.8 Å². The third-order valence-corrected chi connectivity index (χ3v) is 2.47. The monoisotopic (exact) mass is 152 g/mol. The van der Waals surface area contributed by atoms with E-state index in [1.54, 1.807) is 0 Å². The number of hydrogen-bond acceptors (Lipinski definition) is 2. The molecule has 3 fully saturated rings. The van der Waals surface area contributed by atoms with E-state index in [1.165, 1.54) is 0 Å². The molecule has 0 aromatic rings. The van der Waals surface area contributed by atoms with Gasteiger partial charge in [-0.1, -0.05) is 6.58 Å². The Kier molecular flexibility index (Phi) is 1.37. The molecule has 1 amide bonds. The van der Waals surface area contributed by atoms with E-state index in [4.69, 9.17) is 0 Å². The summed E-state index contributed by atoms with van der Waals surface area (Å²) in [5, 5.41) is 2.94. The minimum Gasteiger partial charge on any atom is -0.367 e. The van der Waals surface area contributed by atoms with E-state index in [1.807, 2.05) is 0 Å². The zero-order valence-electron chi connectivity index (χ0n) is 6.47. The number of rotatable bonds is 0. The van der Waals surface area contributed by atoms with Gasteiger partial charge in [0.1, 0.15) is 0 Å². The van der Waals surface area contributed by atoms with Gasteiger partial charge in [0.25, 0.3) is 5.91 Å². The highest BCUT2D eigenvalue weighted by atomic mass is 16.2. The van der Waals surface area contributed by atoms with Gasteiger partial charge in [-0.25, -0.2) is 0 Å². The molecule has 0 aromatic carbocycles. The summed E-state index contributed by atoms with van der Waals surface area (Å²) in [6.07, 6.45) is 2.15. The van der Waals surface area contributed by atoms with Crippen molar-refractivity contribution >= 4 is 5.91 Å². The Hall–Kier alpha value is -0.990. The first kappa shape index (κ1) is 6.70. The van der Waals surface area contributed by atoms with Crippen LogP contribution in [0.3, 0.4) is 0 Å². The molecule has 3 saturated heterocycles. The van der Waals surface area contributed by atoms with E-state index in [-0.39, 0.29) is 5.91 Å². The second-order valence-corrected chi connectivity index (χ2v) is 3.18. The average molecular weight is 152 g/mol. The van der Waals surface area contributed by atoms with Crippen molar-refractivity contribution in [2.75, 3.05) is 13.1 Å². The number of amides is 1.